The molecule has 0 radical (unpaired) electrons. The molecule has 1 atom stereocenters. The van der Waals surface area contributed by atoms with Crippen molar-refractivity contribution in [3.8, 4) is 11.8 Å². The van der Waals surface area contributed by atoms with Gasteiger partial charge in [0.25, 0.3) is 11.8 Å². The van der Waals surface area contributed by atoms with Gasteiger partial charge in [-0.1, -0.05) is 26.0 Å². The fourth-order valence-electron chi connectivity index (χ4n) is 2.54. The summed E-state index contributed by atoms with van der Waals surface area (Å²) in [5.74, 6) is -1.63. The second kappa shape index (κ2) is 11.0. The normalized spacial score (nSPS) is 11.3. The number of nitriles is 1. The zero-order valence-corrected chi connectivity index (χ0v) is 17.7. The Kier molecular flexibility index (Phi) is 8.38. The van der Waals surface area contributed by atoms with Gasteiger partial charge in [-0.25, -0.2) is 4.79 Å². The lowest BCUT2D eigenvalue weighted by molar-refractivity contribution is -0.150. The molecule has 9 heteroatoms. The van der Waals surface area contributed by atoms with Crippen LogP contribution in [0.15, 0.2) is 35.7 Å². The zero-order chi connectivity index (χ0) is 22.1. The third-order valence-electron chi connectivity index (χ3n) is 4.02. The maximum absolute atomic E-state index is 12.7. The minimum absolute atomic E-state index is 0.272. The number of hydrogen-bond acceptors (Lipinski definition) is 7. The number of esters is 1. The minimum atomic E-state index is -0.948. The SMILES string of the molecule is CCOc1ccccc1C(=O)N[C@H](C(=O)OCC(=O)Nc1sccc1C#N)C(C)C. The molecule has 0 aliphatic carbocycles. The maximum Gasteiger partial charge on any atom is 0.329 e. The van der Waals surface area contributed by atoms with Gasteiger partial charge in [-0.3, -0.25) is 9.59 Å². The van der Waals surface area contributed by atoms with Crippen LogP contribution in [0, 0.1) is 17.2 Å². The first kappa shape index (κ1) is 22.9. The highest BCUT2D eigenvalue weighted by atomic mass is 32.1. The summed E-state index contributed by atoms with van der Waals surface area (Å²) in [4.78, 5) is 37.2. The van der Waals surface area contributed by atoms with Gasteiger partial charge in [0.2, 0.25) is 0 Å². The molecule has 0 saturated carbocycles. The van der Waals surface area contributed by atoms with E-state index in [1.807, 2.05) is 13.0 Å². The molecule has 158 valence electrons. The summed E-state index contributed by atoms with van der Waals surface area (Å²) >= 11 is 1.20. The van der Waals surface area contributed by atoms with Gasteiger partial charge in [0, 0.05) is 0 Å². The Balaban J connectivity index is 1.99. The average Bonchev–Trinajstić information content (AvgIpc) is 3.17. The number of anilines is 1. The van der Waals surface area contributed by atoms with E-state index in [1.165, 1.54) is 11.3 Å². The molecular weight excluding hydrogens is 406 g/mol. The first-order chi connectivity index (χ1) is 14.4. The fraction of sp³-hybridized carbons (Fsp3) is 0.333. The molecular formula is C21H23N3O5S. The fourth-order valence-corrected chi connectivity index (χ4v) is 3.29. The molecule has 0 bridgehead atoms. The third kappa shape index (κ3) is 6.06. The van der Waals surface area contributed by atoms with E-state index in [-0.39, 0.29) is 5.92 Å². The lowest BCUT2D eigenvalue weighted by Crippen LogP contribution is -2.46. The number of nitrogens with one attached hydrogen (secondary N) is 2. The summed E-state index contributed by atoms with van der Waals surface area (Å²) < 4.78 is 10.5. The van der Waals surface area contributed by atoms with Crippen LogP contribution in [0.25, 0.3) is 0 Å². The predicted octanol–water partition coefficient (Wildman–Crippen LogP) is 2.95. The summed E-state index contributed by atoms with van der Waals surface area (Å²) in [6.45, 7) is 5.18. The Morgan fingerprint density at radius 2 is 1.93 bits per heavy atom. The van der Waals surface area contributed by atoms with Crippen LogP contribution in [0.5, 0.6) is 5.75 Å². The van der Waals surface area contributed by atoms with E-state index < -0.39 is 30.4 Å². The largest absolute Gasteiger partial charge is 0.493 e. The van der Waals surface area contributed by atoms with Crippen LogP contribution >= 0.6 is 11.3 Å². The first-order valence-electron chi connectivity index (χ1n) is 9.34. The second-order valence-electron chi connectivity index (χ2n) is 6.56. The van der Waals surface area contributed by atoms with Gasteiger partial charge >= 0.3 is 5.97 Å². The number of carbonyl (C=O) groups excluding carboxylic acids is 3. The van der Waals surface area contributed by atoms with Crippen molar-refractivity contribution in [3.05, 3.63) is 46.8 Å². The van der Waals surface area contributed by atoms with Crippen LogP contribution in [0.4, 0.5) is 5.00 Å². The third-order valence-corrected chi connectivity index (χ3v) is 4.85. The van der Waals surface area contributed by atoms with Crippen molar-refractivity contribution < 1.29 is 23.9 Å². The molecule has 1 heterocycles. The van der Waals surface area contributed by atoms with Gasteiger partial charge in [0.15, 0.2) is 6.61 Å². The predicted molar refractivity (Wildman–Crippen MR) is 112 cm³/mol. The van der Waals surface area contributed by atoms with Crippen LogP contribution in [-0.2, 0) is 14.3 Å². The van der Waals surface area contributed by atoms with Gasteiger partial charge in [0.1, 0.15) is 22.9 Å². The molecule has 8 nitrogen and oxygen atoms in total. The topological polar surface area (TPSA) is 118 Å². The highest BCUT2D eigenvalue weighted by molar-refractivity contribution is 7.14. The van der Waals surface area contributed by atoms with Gasteiger partial charge < -0.3 is 20.1 Å². The van der Waals surface area contributed by atoms with E-state index >= 15 is 0 Å². The van der Waals surface area contributed by atoms with E-state index in [1.54, 1.807) is 49.6 Å². The Labute approximate surface area is 178 Å². The maximum atomic E-state index is 12.7. The van der Waals surface area contributed by atoms with Crippen LogP contribution < -0.4 is 15.4 Å². The molecule has 0 aliphatic rings. The molecule has 2 aromatic rings. The van der Waals surface area contributed by atoms with Crippen molar-refractivity contribution in [2.75, 3.05) is 18.5 Å². The van der Waals surface area contributed by atoms with Gasteiger partial charge in [-0.05, 0) is 36.4 Å². The van der Waals surface area contributed by atoms with Crippen molar-refractivity contribution in [3.63, 3.8) is 0 Å². The number of nitrogens with zero attached hydrogens (tertiary/aromatic N) is 1. The monoisotopic (exact) mass is 429 g/mol. The molecule has 0 saturated heterocycles. The van der Waals surface area contributed by atoms with E-state index in [2.05, 4.69) is 10.6 Å². The van der Waals surface area contributed by atoms with E-state index in [4.69, 9.17) is 14.7 Å². The van der Waals surface area contributed by atoms with E-state index in [0.717, 1.165) is 0 Å². The Bertz CT molecular complexity index is 948. The summed E-state index contributed by atoms with van der Waals surface area (Å²) in [5, 5.41) is 16.2. The number of thiophene rings is 1. The number of para-hydroxylation sites is 1. The average molecular weight is 429 g/mol. The van der Waals surface area contributed by atoms with Crippen LogP contribution in [-0.4, -0.2) is 37.0 Å². The van der Waals surface area contributed by atoms with E-state index in [9.17, 15) is 14.4 Å². The Morgan fingerprint density at radius 3 is 2.60 bits per heavy atom. The van der Waals surface area contributed by atoms with E-state index in [0.29, 0.717) is 28.5 Å². The standard InChI is InChI=1S/C21H23N3O5S/c1-4-28-16-8-6-5-7-15(16)19(26)24-18(13(2)3)21(27)29-12-17(25)23-20-14(11-22)9-10-30-20/h5-10,13,18H,4,12H2,1-3H3,(H,23,25)(H,24,26)/t18-/m0/s1. The quantitative estimate of drug-likeness (QED) is 0.592. The highest BCUT2D eigenvalue weighted by Gasteiger charge is 2.27. The summed E-state index contributed by atoms with van der Waals surface area (Å²) in [6.07, 6.45) is 0. The van der Waals surface area contributed by atoms with Crippen LogP contribution in [0.3, 0.4) is 0 Å². The number of hydrogen-bond donors (Lipinski definition) is 2. The smallest absolute Gasteiger partial charge is 0.329 e. The lowest BCUT2D eigenvalue weighted by atomic mass is 10.0. The Hall–Kier alpha value is -3.38. The second-order valence-corrected chi connectivity index (χ2v) is 7.47. The first-order valence-corrected chi connectivity index (χ1v) is 10.2. The number of amides is 2. The molecule has 0 unspecified atom stereocenters. The van der Waals surface area contributed by atoms with Gasteiger partial charge in [-0.15, -0.1) is 11.3 Å². The van der Waals surface area contributed by atoms with Crippen LogP contribution in [0.1, 0.15) is 36.7 Å². The summed E-state index contributed by atoms with van der Waals surface area (Å²) in [5.41, 5.74) is 0.636. The minimum Gasteiger partial charge on any atom is -0.493 e. The number of benzene rings is 1. The lowest BCUT2D eigenvalue weighted by Gasteiger charge is -2.21. The molecule has 0 fully saturated rings. The molecule has 30 heavy (non-hydrogen) atoms. The summed E-state index contributed by atoms with van der Waals surface area (Å²) in [6, 6.07) is 9.31. The molecule has 2 N–H and O–H groups in total. The number of rotatable bonds is 9. The molecule has 1 aromatic carbocycles. The highest BCUT2D eigenvalue weighted by Crippen LogP contribution is 2.22. The van der Waals surface area contributed by atoms with Crippen molar-refractivity contribution in [2.45, 2.75) is 26.8 Å². The molecule has 1 aromatic heterocycles. The van der Waals surface area contributed by atoms with Crippen molar-refractivity contribution in [2.24, 2.45) is 5.92 Å². The van der Waals surface area contributed by atoms with Crippen molar-refractivity contribution in [1.82, 2.24) is 5.32 Å². The van der Waals surface area contributed by atoms with Crippen molar-refractivity contribution in [1.29, 1.82) is 5.26 Å². The van der Waals surface area contributed by atoms with Crippen LogP contribution in [0.2, 0.25) is 0 Å². The summed E-state index contributed by atoms with van der Waals surface area (Å²) in [7, 11) is 0. The molecule has 0 aliphatic heterocycles. The number of ether oxygens (including phenoxy) is 2. The zero-order valence-electron chi connectivity index (χ0n) is 16.9. The van der Waals surface area contributed by atoms with Gasteiger partial charge in [0.05, 0.1) is 17.7 Å². The number of carbonyl (C=O) groups is 3. The van der Waals surface area contributed by atoms with Gasteiger partial charge in [-0.2, -0.15) is 5.26 Å². The van der Waals surface area contributed by atoms with Crippen molar-refractivity contribution >= 4 is 34.1 Å². The molecule has 2 amide bonds. The molecule has 0 spiro atoms. The Morgan fingerprint density at radius 1 is 1.20 bits per heavy atom. The molecule has 2 rings (SSSR count).